The second kappa shape index (κ2) is 6.81. The van der Waals surface area contributed by atoms with Gasteiger partial charge >= 0.3 is 0 Å². The van der Waals surface area contributed by atoms with E-state index in [1.165, 1.54) is 0 Å². The number of methoxy groups -OCH3 is 1. The molecule has 6 heteroatoms. The molecule has 20 heavy (non-hydrogen) atoms. The maximum absolute atomic E-state index is 11.5. The molecule has 112 valence electrons. The highest BCUT2D eigenvalue weighted by atomic mass is 35.5. The van der Waals surface area contributed by atoms with Crippen molar-refractivity contribution in [2.75, 3.05) is 7.11 Å². The van der Waals surface area contributed by atoms with Gasteiger partial charge in [-0.25, -0.2) is 0 Å². The molecule has 0 saturated heterocycles. The Bertz CT molecular complexity index is 492. The first kappa shape index (κ1) is 16.6. The van der Waals surface area contributed by atoms with Crippen molar-refractivity contribution in [2.24, 2.45) is 5.73 Å². The predicted octanol–water partition coefficient (Wildman–Crippen LogP) is 1.40. The normalized spacial score (nSPS) is 17.5. The van der Waals surface area contributed by atoms with Crippen molar-refractivity contribution in [3.63, 3.8) is 0 Å². The van der Waals surface area contributed by atoms with E-state index in [4.69, 9.17) is 15.2 Å². The molecule has 1 aromatic rings. The minimum absolute atomic E-state index is 0. The smallest absolute Gasteiger partial charge is 0.236 e. The maximum Gasteiger partial charge on any atom is 0.236 e. The van der Waals surface area contributed by atoms with E-state index in [0.29, 0.717) is 6.54 Å². The molecular formula is C14H21ClN2O3. The highest BCUT2D eigenvalue weighted by Gasteiger charge is 2.21. The van der Waals surface area contributed by atoms with Gasteiger partial charge in [-0.05, 0) is 26.0 Å². The van der Waals surface area contributed by atoms with E-state index in [9.17, 15) is 4.79 Å². The van der Waals surface area contributed by atoms with Gasteiger partial charge in [-0.2, -0.15) is 0 Å². The molecule has 0 aliphatic carbocycles. The van der Waals surface area contributed by atoms with Crippen LogP contribution in [0.25, 0.3) is 0 Å². The Hall–Kier alpha value is -1.46. The fraction of sp³-hybridized carbons (Fsp3) is 0.500. The average molecular weight is 301 g/mol. The molecule has 0 radical (unpaired) electrons. The fourth-order valence-corrected chi connectivity index (χ4v) is 2.15. The molecule has 1 aromatic carbocycles. The number of nitrogens with one attached hydrogen (secondary N) is 1. The number of nitrogens with two attached hydrogens (primary N) is 1. The van der Waals surface area contributed by atoms with Gasteiger partial charge in [0.25, 0.3) is 0 Å². The van der Waals surface area contributed by atoms with Gasteiger partial charge in [0, 0.05) is 24.1 Å². The summed E-state index contributed by atoms with van der Waals surface area (Å²) in [6.45, 7) is 4.07. The average Bonchev–Trinajstić information content (AvgIpc) is 2.73. The van der Waals surface area contributed by atoms with Crippen molar-refractivity contribution < 1.29 is 14.3 Å². The van der Waals surface area contributed by atoms with Crippen molar-refractivity contribution in [3.05, 3.63) is 23.3 Å². The number of fused-ring (bicyclic) bond motifs is 1. The van der Waals surface area contributed by atoms with Crippen LogP contribution in [0.2, 0.25) is 0 Å². The van der Waals surface area contributed by atoms with Crippen LogP contribution < -0.4 is 20.5 Å². The van der Waals surface area contributed by atoms with Gasteiger partial charge in [-0.1, -0.05) is 0 Å². The molecule has 0 aromatic heterocycles. The van der Waals surface area contributed by atoms with Crippen LogP contribution in [0.1, 0.15) is 25.0 Å². The van der Waals surface area contributed by atoms with Gasteiger partial charge in [0.15, 0.2) is 0 Å². The van der Waals surface area contributed by atoms with Crippen LogP contribution in [-0.4, -0.2) is 25.2 Å². The lowest BCUT2D eigenvalue weighted by atomic mass is 10.1. The number of hydrogen-bond donors (Lipinski definition) is 2. The van der Waals surface area contributed by atoms with E-state index >= 15 is 0 Å². The third-order valence-corrected chi connectivity index (χ3v) is 3.17. The number of benzene rings is 1. The molecule has 1 aliphatic heterocycles. The van der Waals surface area contributed by atoms with E-state index in [1.54, 1.807) is 14.0 Å². The van der Waals surface area contributed by atoms with Crippen molar-refractivity contribution in [3.8, 4) is 11.5 Å². The summed E-state index contributed by atoms with van der Waals surface area (Å²) in [4.78, 5) is 11.5. The number of amides is 1. The molecule has 1 amide bonds. The maximum atomic E-state index is 11.5. The summed E-state index contributed by atoms with van der Waals surface area (Å²) in [6.07, 6.45) is 1.08. The van der Waals surface area contributed by atoms with Crippen LogP contribution in [0.3, 0.4) is 0 Å². The van der Waals surface area contributed by atoms with Crippen LogP contribution in [0.15, 0.2) is 12.1 Å². The molecule has 0 bridgehead atoms. The lowest BCUT2D eigenvalue weighted by Crippen LogP contribution is -2.37. The predicted molar refractivity (Wildman–Crippen MR) is 79.5 cm³/mol. The summed E-state index contributed by atoms with van der Waals surface area (Å²) in [6, 6.07) is 3.39. The van der Waals surface area contributed by atoms with Crippen LogP contribution in [0.4, 0.5) is 0 Å². The Morgan fingerprint density at radius 1 is 1.60 bits per heavy atom. The van der Waals surface area contributed by atoms with Crippen LogP contribution in [0, 0.1) is 0 Å². The number of carbonyl (C=O) groups is 1. The summed E-state index contributed by atoms with van der Waals surface area (Å²) in [5, 5.41) is 2.78. The molecule has 1 heterocycles. The molecule has 2 rings (SSSR count). The summed E-state index contributed by atoms with van der Waals surface area (Å²) in [7, 11) is 1.62. The minimum Gasteiger partial charge on any atom is -0.496 e. The highest BCUT2D eigenvalue weighted by molar-refractivity contribution is 5.85. The van der Waals surface area contributed by atoms with Gasteiger partial charge in [-0.3, -0.25) is 4.79 Å². The van der Waals surface area contributed by atoms with E-state index in [1.807, 2.05) is 19.1 Å². The number of hydrogen-bond acceptors (Lipinski definition) is 4. The van der Waals surface area contributed by atoms with Crippen LogP contribution >= 0.6 is 12.4 Å². The number of halogens is 1. The van der Waals surface area contributed by atoms with Crippen molar-refractivity contribution in [1.82, 2.24) is 5.32 Å². The summed E-state index contributed by atoms with van der Waals surface area (Å²) < 4.78 is 11.1. The molecule has 0 saturated carbocycles. The lowest BCUT2D eigenvalue weighted by Gasteiger charge is -2.13. The Kier molecular flexibility index (Phi) is 5.65. The van der Waals surface area contributed by atoms with Crippen LogP contribution in [0.5, 0.6) is 11.5 Å². The topological polar surface area (TPSA) is 73.6 Å². The zero-order valence-electron chi connectivity index (χ0n) is 11.9. The molecule has 0 spiro atoms. The monoisotopic (exact) mass is 300 g/mol. The third-order valence-electron chi connectivity index (χ3n) is 3.17. The number of rotatable bonds is 4. The standard InChI is InChI=1S/C14H20N2O3.ClH/c1-8-4-10-5-12(18-3)11(6-13(10)19-8)7-16-14(17)9(2)15;/h5-6,8-9H,4,7,15H2,1-3H3,(H,16,17);1H/t8?,9-;/m1./s1. The van der Waals surface area contributed by atoms with Gasteiger partial charge in [0.2, 0.25) is 5.91 Å². The second-order valence-electron chi connectivity index (χ2n) is 4.91. The molecule has 2 atom stereocenters. The Morgan fingerprint density at radius 2 is 2.30 bits per heavy atom. The van der Waals surface area contributed by atoms with Crippen molar-refractivity contribution in [2.45, 2.75) is 39.0 Å². The van der Waals surface area contributed by atoms with E-state index < -0.39 is 6.04 Å². The highest BCUT2D eigenvalue weighted by Crippen LogP contribution is 2.34. The van der Waals surface area contributed by atoms with Crippen molar-refractivity contribution in [1.29, 1.82) is 0 Å². The van der Waals surface area contributed by atoms with Gasteiger partial charge in [0.1, 0.15) is 17.6 Å². The lowest BCUT2D eigenvalue weighted by molar-refractivity contribution is -0.122. The van der Waals surface area contributed by atoms with E-state index in [0.717, 1.165) is 29.0 Å². The first-order valence-corrected chi connectivity index (χ1v) is 6.41. The zero-order valence-corrected chi connectivity index (χ0v) is 12.8. The molecule has 0 fully saturated rings. The SMILES string of the molecule is COc1cc2c(cc1CNC(=O)[C@@H](C)N)OC(C)C2.Cl. The van der Waals surface area contributed by atoms with Gasteiger partial charge in [-0.15, -0.1) is 12.4 Å². The second-order valence-corrected chi connectivity index (χ2v) is 4.91. The minimum atomic E-state index is -0.517. The molecular weight excluding hydrogens is 280 g/mol. The largest absolute Gasteiger partial charge is 0.496 e. The fourth-order valence-electron chi connectivity index (χ4n) is 2.15. The number of ether oxygens (including phenoxy) is 2. The Morgan fingerprint density at radius 3 is 2.90 bits per heavy atom. The summed E-state index contributed by atoms with van der Waals surface area (Å²) in [5.74, 6) is 1.46. The Balaban J connectivity index is 0.00000200. The zero-order chi connectivity index (χ0) is 14.0. The molecule has 3 N–H and O–H groups in total. The first-order chi connectivity index (χ1) is 9.01. The van der Waals surface area contributed by atoms with E-state index in [-0.39, 0.29) is 24.4 Å². The van der Waals surface area contributed by atoms with Gasteiger partial charge < -0.3 is 20.5 Å². The summed E-state index contributed by atoms with van der Waals surface area (Å²) in [5.41, 5.74) is 7.55. The molecule has 1 unspecified atom stereocenters. The van der Waals surface area contributed by atoms with Crippen molar-refractivity contribution >= 4 is 18.3 Å². The molecule has 5 nitrogen and oxygen atoms in total. The first-order valence-electron chi connectivity index (χ1n) is 6.41. The Labute approximate surface area is 125 Å². The molecule has 1 aliphatic rings. The van der Waals surface area contributed by atoms with Crippen LogP contribution in [-0.2, 0) is 17.8 Å². The van der Waals surface area contributed by atoms with Gasteiger partial charge in [0.05, 0.1) is 13.2 Å². The third kappa shape index (κ3) is 3.55. The number of carbonyl (C=O) groups excluding carboxylic acids is 1. The van der Waals surface area contributed by atoms with E-state index in [2.05, 4.69) is 5.32 Å². The summed E-state index contributed by atoms with van der Waals surface area (Å²) >= 11 is 0. The quantitative estimate of drug-likeness (QED) is 0.881.